The highest BCUT2D eigenvalue weighted by Gasteiger charge is 2.30. The minimum atomic E-state index is 0.0155. The number of amides is 1. The van der Waals surface area contributed by atoms with Gasteiger partial charge in [0.1, 0.15) is 5.69 Å². The number of carbonyl (C=O) groups excluding carboxylic acids is 1. The van der Waals surface area contributed by atoms with Crippen molar-refractivity contribution in [1.29, 1.82) is 0 Å². The van der Waals surface area contributed by atoms with Gasteiger partial charge >= 0.3 is 0 Å². The minimum absolute atomic E-state index is 0.0155. The molecule has 6 heteroatoms. The lowest BCUT2D eigenvalue weighted by Gasteiger charge is -2.41. The number of likely N-dealkylation sites (tertiary alicyclic amines) is 1. The van der Waals surface area contributed by atoms with Crippen molar-refractivity contribution in [1.82, 2.24) is 25.0 Å². The fourth-order valence-electron chi connectivity index (χ4n) is 5.17. The van der Waals surface area contributed by atoms with Gasteiger partial charge in [0.25, 0.3) is 5.91 Å². The fourth-order valence-corrected chi connectivity index (χ4v) is 5.17. The molecule has 1 unspecified atom stereocenters. The number of rotatable bonds is 7. The van der Waals surface area contributed by atoms with Gasteiger partial charge in [0, 0.05) is 43.8 Å². The normalized spacial score (nSPS) is 20.8. The number of carbonyl (C=O) groups is 1. The van der Waals surface area contributed by atoms with Crippen LogP contribution in [0.5, 0.6) is 0 Å². The molecule has 0 aromatic carbocycles. The molecule has 6 nitrogen and oxygen atoms in total. The first kappa shape index (κ1) is 22.0. The summed E-state index contributed by atoms with van der Waals surface area (Å²) < 4.78 is 0. The summed E-state index contributed by atoms with van der Waals surface area (Å²) in [4.78, 5) is 22.4. The van der Waals surface area contributed by atoms with Crippen LogP contribution in [-0.2, 0) is 6.54 Å². The number of aromatic nitrogens is 3. The molecule has 1 saturated heterocycles. The number of nitrogens with one attached hydrogen (secondary N) is 1. The number of hydrogen-bond donors (Lipinski definition) is 1. The SMILES string of the molecule is CC(C)c1cc(C(=O)N(Cc2cccnc2)CC2CCCN(C3CCCCC3)C2)n[nH]1. The van der Waals surface area contributed by atoms with Crippen LogP contribution < -0.4 is 0 Å². The van der Waals surface area contributed by atoms with Crippen LogP contribution in [0.3, 0.4) is 0 Å². The zero-order chi connectivity index (χ0) is 21.6. The molecular formula is C25H37N5O. The third-order valence-electron chi connectivity index (χ3n) is 6.94. The Hall–Kier alpha value is -2.21. The third-order valence-corrected chi connectivity index (χ3v) is 6.94. The molecule has 1 aliphatic carbocycles. The quantitative estimate of drug-likeness (QED) is 0.706. The van der Waals surface area contributed by atoms with E-state index in [4.69, 9.17) is 0 Å². The highest BCUT2D eigenvalue weighted by molar-refractivity contribution is 5.92. The van der Waals surface area contributed by atoms with Gasteiger partial charge in [0.15, 0.2) is 0 Å². The maximum Gasteiger partial charge on any atom is 0.274 e. The van der Waals surface area contributed by atoms with Crippen LogP contribution in [0.15, 0.2) is 30.6 Å². The van der Waals surface area contributed by atoms with Gasteiger partial charge < -0.3 is 9.80 Å². The maximum absolute atomic E-state index is 13.5. The van der Waals surface area contributed by atoms with E-state index in [0.29, 0.717) is 24.1 Å². The summed E-state index contributed by atoms with van der Waals surface area (Å²) in [5, 5.41) is 7.38. The van der Waals surface area contributed by atoms with Crippen molar-refractivity contribution in [2.24, 2.45) is 5.92 Å². The standard InChI is InChI=1S/C25H37N5O/c1-19(2)23-14-24(28-27-23)25(31)30(16-20-8-6-12-26-15-20)18-21-9-7-13-29(17-21)22-10-4-3-5-11-22/h6,8,12,14-15,19,21-22H,3-5,7,9-11,13,16-18H2,1-2H3,(H,27,28). The van der Waals surface area contributed by atoms with Crippen LogP contribution in [0.4, 0.5) is 0 Å². The lowest BCUT2D eigenvalue weighted by molar-refractivity contribution is 0.0579. The molecule has 1 atom stereocenters. The van der Waals surface area contributed by atoms with Crippen molar-refractivity contribution >= 4 is 5.91 Å². The van der Waals surface area contributed by atoms with Crippen LogP contribution in [0.25, 0.3) is 0 Å². The highest BCUT2D eigenvalue weighted by Crippen LogP contribution is 2.28. The average Bonchev–Trinajstić information content (AvgIpc) is 3.30. The molecule has 2 aromatic heterocycles. The van der Waals surface area contributed by atoms with Gasteiger partial charge in [-0.2, -0.15) is 5.10 Å². The Kier molecular flexibility index (Phi) is 7.38. The van der Waals surface area contributed by atoms with Crippen molar-refractivity contribution in [3.8, 4) is 0 Å². The first-order chi connectivity index (χ1) is 15.1. The Morgan fingerprint density at radius 3 is 2.77 bits per heavy atom. The van der Waals surface area contributed by atoms with Crippen molar-refractivity contribution in [3.63, 3.8) is 0 Å². The Balaban J connectivity index is 1.47. The lowest BCUT2D eigenvalue weighted by Crippen LogP contribution is -2.47. The first-order valence-corrected chi connectivity index (χ1v) is 12.1. The molecule has 2 aliphatic rings. The fraction of sp³-hybridized carbons (Fsp3) is 0.640. The molecule has 1 N–H and O–H groups in total. The van der Waals surface area contributed by atoms with E-state index in [9.17, 15) is 4.79 Å². The monoisotopic (exact) mass is 423 g/mol. The van der Waals surface area contributed by atoms with Crippen molar-refractivity contribution in [2.45, 2.75) is 77.3 Å². The largest absolute Gasteiger partial charge is 0.333 e. The van der Waals surface area contributed by atoms with Gasteiger partial charge in [-0.1, -0.05) is 39.2 Å². The second kappa shape index (κ2) is 10.4. The zero-order valence-electron chi connectivity index (χ0n) is 19.1. The second-order valence-electron chi connectivity index (χ2n) is 9.71. The molecule has 1 saturated carbocycles. The van der Waals surface area contributed by atoms with Crippen molar-refractivity contribution in [3.05, 3.63) is 47.5 Å². The Morgan fingerprint density at radius 2 is 2.06 bits per heavy atom. The number of pyridine rings is 1. The molecule has 4 rings (SSSR count). The number of H-pyrrole nitrogens is 1. The number of piperidine rings is 1. The zero-order valence-corrected chi connectivity index (χ0v) is 19.1. The van der Waals surface area contributed by atoms with Gasteiger partial charge in [-0.05, 0) is 61.8 Å². The first-order valence-electron chi connectivity index (χ1n) is 12.1. The van der Waals surface area contributed by atoms with Gasteiger partial charge in [0.2, 0.25) is 0 Å². The van der Waals surface area contributed by atoms with Crippen molar-refractivity contribution in [2.75, 3.05) is 19.6 Å². The summed E-state index contributed by atoms with van der Waals surface area (Å²) in [5.74, 6) is 0.852. The van der Waals surface area contributed by atoms with E-state index >= 15 is 0 Å². The molecule has 0 bridgehead atoms. The molecule has 2 aromatic rings. The van der Waals surface area contributed by atoms with E-state index in [2.05, 4.69) is 33.9 Å². The molecular weight excluding hydrogens is 386 g/mol. The maximum atomic E-state index is 13.5. The minimum Gasteiger partial charge on any atom is -0.333 e. The van der Waals surface area contributed by atoms with E-state index in [1.54, 1.807) is 6.20 Å². The van der Waals surface area contributed by atoms with Crippen LogP contribution in [-0.4, -0.2) is 56.6 Å². The highest BCUT2D eigenvalue weighted by atomic mass is 16.2. The number of aromatic amines is 1. The molecule has 2 fully saturated rings. The predicted octanol–water partition coefficient (Wildman–Crippen LogP) is 4.62. The Labute approximate surface area is 186 Å². The molecule has 0 radical (unpaired) electrons. The van der Waals surface area contributed by atoms with E-state index in [1.165, 1.54) is 51.5 Å². The number of hydrogen-bond acceptors (Lipinski definition) is 4. The summed E-state index contributed by atoms with van der Waals surface area (Å²) in [6, 6.07) is 6.65. The summed E-state index contributed by atoms with van der Waals surface area (Å²) in [6.07, 6.45) is 12.9. The van der Waals surface area contributed by atoms with E-state index in [0.717, 1.165) is 30.4 Å². The Morgan fingerprint density at radius 1 is 1.23 bits per heavy atom. The summed E-state index contributed by atoms with van der Waals surface area (Å²) >= 11 is 0. The third kappa shape index (κ3) is 5.73. The smallest absolute Gasteiger partial charge is 0.274 e. The van der Waals surface area contributed by atoms with Gasteiger partial charge in [-0.3, -0.25) is 14.9 Å². The van der Waals surface area contributed by atoms with Crippen LogP contribution in [0.1, 0.15) is 86.5 Å². The second-order valence-corrected chi connectivity index (χ2v) is 9.71. The van der Waals surface area contributed by atoms with Gasteiger partial charge in [-0.25, -0.2) is 0 Å². The number of nitrogens with zero attached hydrogens (tertiary/aromatic N) is 4. The van der Waals surface area contributed by atoms with Crippen molar-refractivity contribution < 1.29 is 4.79 Å². The van der Waals surface area contributed by atoms with Gasteiger partial charge in [0.05, 0.1) is 0 Å². The van der Waals surface area contributed by atoms with Gasteiger partial charge in [-0.15, -0.1) is 0 Å². The van der Waals surface area contributed by atoms with E-state index < -0.39 is 0 Å². The summed E-state index contributed by atoms with van der Waals surface area (Å²) in [7, 11) is 0. The molecule has 31 heavy (non-hydrogen) atoms. The molecule has 3 heterocycles. The molecule has 1 aliphatic heterocycles. The Bertz CT molecular complexity index is 827. The summed E-state index contributed by atoms with van der Waals surface area (Å²) in [6.45, 7) is 7.90. The summed E-state index contributed by atoms with van der Waals surface area (Å²) in [5.41, 5.74) is 2.59. The van der Waals surface area contributed by atoms with Crippen LogP contribution in [0.2, 0.25) is 0 Å². The molecule has 1 amide bonds. The average molecular weight is 424 g/mol. The topological polar surface area (TPSA) is 65.1 Å². The lowest BCUT2D eigenvalue weighted by atomic mass is 9.90. The molecule has 168 valence electrons. The van der Waals surface area contributed by atoms with E-state index in [1.807, 2.05) is 29.3 Å². The molecule has 0 spiro atoms. The predicted molar refractivity (Wildman–Crippen MR) is 123 cm³/mol. The van der Waals surface area contributed by atoms with Crippen LogP contribution >= 0.6 is 0 Å². The van der Waals surface area contributed by atoms with Crippen LogP contribution in [0, 0.1) is 5.92 Å². The van der Waals surface area contributed by atoms with E-state index in [-0.39, 0.29) is 5.91 Å².